The molecule has 1 fully saturated rings. The number of fused-ring (bicyclic) bond motifs is 1. The van der Waals surface area contributed by atoms with Crippen LogP contribution in [0.15, 0.2) is 20.1 Å². The Balaban J connectivity index is 2.12. The van der Waals surface area contributed by atoms with E-state index in [-0.39, 0.29) is 28.4 Å². The number of hydrogen-bond donors (Lipinski definition) is 1. The molecule has 7 heteroatoms. The van der Waals surface area contributed by atoms with Crippen molar-refractivity contribution in [2.45, 2.75) is 46.1 Å². The Morgan fingerprint density at radius 1 is 1.35 bits per heavy atom. The summed E-state index contributed by atoms with van der Waals surface area (Å²) in [6.07, 6.45) is -0.266. The second-order valence-corrected chi connectivity index (χ2v) is 6.25. The minimum Gasteiger partial charge on any atom is -0.506 e. The van der Waals surface area contributed by atoms with Gasteiger partial charge in [0, 0.05) is 11.8 Å². The average molecular weight is 321 g/mol. The van der Waals surface area contributed by atoms with Gasteiger partial charge in [-0.15, -0.1) is 0 Å². The fourth-order valence-electron chi connectivity index (χ4n) is 2.78. The van der Waals surface area contributed by atoms with Crippen molar-refractivity contribution in [2.24, 2.45) is 0 Å². The van der Waals surface area contributed by atoms with Crippen LogP contribution >= 0.6 is 0 Å². The van der Waals surface area contributed by atoms with E-state index in [1.165, 1.54) is 11.5 Å². The molecule has 0 radical (unpaired) electrons. The summed E-state index contributed by atoms with van der Waals surface area (Å²) in [5.41, 5.74) is -0.354. The summed E-state index contributed by atoms with van der Waals surface area (Å²) in [5.74, 6) is -1.01. The quantitative estimate of drug-likeness (QED) is 0.900. The number of rotatable bonds is 2. The topological polar surface area (TPSA) is 90.9 Å². The molecule has 3 rings (SSSR count). The van der Waals surface area contributed by atoms with Gasteiger partial charge in [-0.3, -0.25) is 4.79 Å². The molecule has 23 heavy (non-hydrogen) atoms. The predicted octanol–water partition coefficient (Wildman–Crippen LogP) is 1.43. The molecule has 0 bridgehead atoms. The number of pyridine rings is 1. The van der Waals surface area contributed by atoms with Gasteiger partial charge in [-0.25, -0.2) is 4.79 Å². The highest BCUT2D eigenvalue weighted by molar-refractivity contribution is 5.83. The Kier molecular flexibility index (Phi) is 3.57. The lowest BCUT2D eigenvalue weighted by atomic mass is 10.2. The zero-order valence-corrected chi connectivity index (χ0v) is 13.5. The highest BCUT2D eigenvalue weighted by atomic mass is 16.7. The molecule has 2 aromatic heterocycles. The van der Waals surface area contributed by atoms with Gasteiger partial charge in [0.1, 0.15) is 22.8 Å². The van der Waals surface area contributed by atoms with E-state index in [1.54, 1.807) is 13.0 Å². The molecule has 0 saturated carbocycles. The molecule has 3 heterocycles. The van der Waals surface area contributed by atoms with Crippen LogP contribution in [0.2, 0.25) is 0 Å². The summed E-state index contributed by atoms with van der Waals surface area (Å²) >= 11 is 0. The zero-order chi connectivity index (χ0) is 16.9. The van der Waals surface area contributed by atoms with Crippen molar-refractivity contribution in [2.75, 3.05) is 6.61 Å². The normalized spacial score (nSPS) is 20.3. The number of aromatic hydroxyl groups is 1. The molecular formula is C16H19NO6. The Hall–Kier alpha value is -2.12. The molecule has 0 aromatic carbocycles. The van der Waals surface area contributed by atoms with Gasteiger partial charge >= 0.3 is 5.63 Å². The molecule has 0 spiro atoms. The van der Waals surface area contributed by atoms with Crippen LogP contribution < -0.4 is 11.2 Å². The molecule has 7 nitrogen and oxygen atoms in total. The van der Waals surface area contributed by atoms with Crippen LogP contribution in [0.4, 0.5) is 0 Å². The molecule has 2 aromatic rings. The molecule has 0 aliphatic carbocycles. The second-order valence-electron chi connectivity index (χ2n) is 6.25. The molecule has 124 valence electrons. The van der Waals surface area contributed by atoms with E-state index in [0.717, 1.165) is 0 Å². The fraction of sp³-hybridized carbons (Fsp3) is 0.500. The van der Waals surface area contributed by atoms with Gasteiger partial charge in [0.25, 0.3) is 5.56 Å². The third-order valence-electron chi connectivity index (χ3n) is 4.03. The lowest BCUT2D eigenvalue weighted by Gasteiger charge is -2.19. The summed E-state index contributed by atoms with van der Waals surface area (Å²) < 4.78 is 17.8. The molecule has 1 N–H and O–H groups in total. The van der Waals surface area contributed by atoms with Crippen LogP contribution in [-0.2, 0) is 16.0 Å². The van der Waals surface area contributed by atoms with Gasteiger partial charge in [-0.2, -0.15) is 0 Å². The van der Waals surface area contributed by atoms with E-state index in [9.17, 15) is 14.7 Å². The van der Waals surface area contributed by atoms with Crippen molar-refractivity contribution in [1.29, 1.82) is 0 Å². The number of aryl methyl sites for hydroxylation is 1. The predicted molar refractivity (Wildman–Crippen MR) is 82.8 cm³/mol. The van der Waals surface area contributed by atoms with E-state index in [2.05, 4.69) is 0 Å². The van der Waals surface area contributed by atoms with Crippen LogP contribution in [0, 0.1) is 13.8 Å². The summed E-state index contributed by atoms with van der Waals surface area (Å²) in [5, 5.41) is 10.2. The molecule has 1 aliphatic heterocycles. The van der Waals surface area contributed by atoms with Crippen molar-refractivity contribution in [1.82, 2.24) is 4.57 Å². The molecule has 1 saturated heterocycles. The second kappa shape index (κ2) is 5.21. The third-order valence-corrected chi connectivity index (χ3v) is 4.03. The molecule has 1 atom stereocenters. The van der Waals surface area contributed by atoms with Crippen LogP contribution in [0.25, 0.3) is 11.0 Å². The Morgan fingerprint density at radius 3 is 2.65 bits per heavy atom. The standard InChI is InChI=1S/C16H19NO6/c1-8-5-11-12(13(18)9(2)15(20)22-11)14(19)17(8)6-10-7-21-16(3,4)23-10/h5,10,18H,6-7H2,1-4H3. The zero-order valence-electron chi connectivity index (χ0n) is 13.5. The largest absolute Gasteiger partial charge is 0.506 e. The van der Waals surface area contributed by atoms with Crippen molar-refractivity contribution >= 4 is 11.0 Å². The first kappa shape index (κ1) is 15.8. The molecule has 1 aliphatic rings. The van der Waals surface area contributed by atoms with E-state index in [4.69, 9.17) is 13.9 Å². The summed E-state index contributed by atoms with van der Waals surface area (Å²) in [6, 6.07) is 1.57. The first-order valence-electron chi connectivity index (χ1n) is 7.38. The number of nitrogens with zero attached hydrogens (tertiary/aromatic N) is 1. The first-order valence-corrected chi connectivity index (χ1v) is 7.38. The van der Waals surface area contributed by atoms with Crippen LogP contribution in [0.5, 0.6) is 5.75 Å². The monoisotopic (exact) mass is 321 g/mol. The summed E-state index contributed by atoms with van der Waals surface area (Å²) in [7, 11) is 0. The molecule has 1 unspecified atom stereocenters. The maximum atomic E-state index is 12.7. The SMILES string of the molecule is Cc1c(O)c2c(=O)n(CC3COC(C)(C)O3)c(C)cc2oc1=O. The number of ether oxygens (including phenoxy) is 2. The van der Waals surface area contributed by atoms with Crippen LogP contribution in [0.3, 0.4) is 0 Å². The van der Waals surface area contributed by atoms with Crippen LogP contribution in [0.1, 0.15) is 25.1 Å². The van der Waals surface area contributed by atoms with E-state index in [0.29, 0.717) is 18.8 Å². The Bertz CT molecular complexity index is 892. The minimum atomic E-state index is -0.676. The third kappa shape index (κ3) is 2.66. The lowest BCUT2D eigenvalue weighted by molar-refractivity contribution is -0.139. The van der Waals surface area contributed by atoms with Gasteiger partial charge in [0.05, 0.1) is 18.7 Å². The van der Waals surface area contributed by atoms with Crippen LogP contribution in [-0.4, -0.2) is 28.2 Å². The van der Waals surface area contributed by atoms with Crippen molar-refractivity contribution in [3.05, 3.63) is 38.1 Å². The molecular weight excluding hydrogens is 302 g/mol. The summed E-state index contributed by atoms with van der Waals surface area (Å²) in [4.78, 5) is 24.4. The maximum absolute atomic E-state index is 12.7. The van der Waals surface area contributed by atoms with E-state index < -0.39 is 17.0 Å². The van der Waals surface area contributed by atoms with Crippen molar-refractivity contribution < 1.29 is 19.0 Å². The van der Waals surface area contributed by atoms with Crippen molar-refractivity contribution in [3.8, 4) is 5.75 Å². The van der Waals surface area contributed by atoms with E-state index in [1.807, 2.05) is 13.8 Å². The van der Waals surface area contributed by atoms with Gasteiger partial charge in [-0.1, -0.05) is 0 Å². The maximum Gasteiger partial charge on any atom is 0.342 e. The smallest absolute Gasteiger partial charge is 0.342 e. The highest BCUT2D eigenvalue weighted by Gasteiger charge is 2.33. The molecule has 0 amide bonds. The van der Waals surface area contributed by atoms with Gasteiger partial charge in [-0.05, 0) is 27.7 Å². The van der Waals surface area contributed by atoms with Gasteiger partial charge in [0.2, 0.25) is 0 Å². The number of aromatic nitrogens is 1. The fourth-order valence-corrected chi connectivity index (χ4v) is 2.78. The minimum absolute atomic E-state index is 0.00544. The lowest BCUT2D eigenvalue weighted by Crippen LogP contribution is -2.31. The average Bonchev–Trinajstić information content (AvgIpc) is 2.80. The van der Waals surface area contributed by atoms with Crippen molar-refractivity contribution in [3.63, 3.8) is 0 Å². The van der Waals surface area contributed by atoms with Gasteiger partial charge in [0.15, 0.2) is 5.79 Å². The Labute approximate surface area is 132 Å². The number of hydrogen-bond acceptors (Lipinski definition) is 6. The van der Waals surface area contributed by atoms with Gasteiger partial charge < -0.3 is 23.6 Å². The Morgan fingerprint density at radius 2 is 2.04 bits per heavy atom. The summed E-state index contributed by atoms with van der Waals surface area (Å²) in [6.45, 7) is 7.45. The van der Waals surface area contributed by atoms with E-state index >= 15 is 0 Å². The first-order chi connectivity index (χ1) is 10.7. The highest BCUT2D eigenvalue weighted by Crippen LogP contribution is 2.25.